The van der Waals surface area contributed by atoms with Gasteiger partial charge in [-0.15, -0.1) is 0 Å². The Morgan fingerprint density at radius 1 is 1.22 bits per heavy atom. The Balaban J connectivity index is 1.89. The van der Waals surface area contributed by atoms with Crippen LogP contribution in [0.5, 0.6) is 0 Å². The van der Waals surface area contributed by atoms with Gasteiger partial charge in [0.2, 0.25) is 11.8 Å². The monoisotopic (exact) mass is 312 g/mol. The Morgan fingerprint density at radius 3 is 2.57 bits per heavy atom. The van der Waals surface area contributed by atoms with Crippen LogP contribution in [0.2, 0.25) is 0 Å². The number of halogens is 1. The van der Waals surface area contributed by atoms with Crippen LogP contribution < -0.4 is 10.6 Å². The van der Waals surface area contributed by atoms with Gasteiger partial charge < -0.3 is 10.6 Å². The van der Waals surface area contributed by atoms with Crippen LogP contribution >= 0.6 is 0 Å². The minimum Gasteiger partial charge on any atom is -0.326 e. The molecule has 2 aromatic carbocycles. The number of benzene rings is 2. The first-order chi connectivity index (χ1) is 10.9. The van der Waals surface area contributed by atoms with Gasteiger partial charge in [0.15, 0.2) is 0 Å². The van der Waals surface area contributed by atoms with E-state index >= 15 is 0 Å². The van der Waals surface area contributed by atoms with Crippen LogP contribution in [-0.2, 0) is 21.4 Å². The second-order valence-electron chi connectivity index (χ2n) is 6.03. The topological polar surface area (TPSA) is 58.2 Å². The van der Waals surface area contributed by atoms with E-state index in [0.29, 0.717) is 23.4 Å². The van der Waals surface area contributed by atoms with E-state index in [1.807, 2.05) is 19.1 Å². The van der Waals surface area contributed by atoms with Gasteiger partial charge in [0.1, 0.15) is 5.82 Å². The molecule has 2 amide bonds. The van der Waals surface area contributed by atoms with Crippen molar-refractivity contribution in [3.63, 3.8) is 0 Å². The number of anilines is 2. The van der Waals surface area contributed by atoms with Crippen LogP contribution in [0.4, 0.5) is 15.8 Å². The maximum Gasteiger partial charge on any atom is 0.235 e. The Bertz CT molecular complexity index is 786. The maximum atomic E-state index is 13.6. The summed E-state index contributed by atoms with van der Waals surface area (Å²) in [5.74, 6) is -0.624. The average molecular weight is 312 g/mol. The zero-order chi connectivity index (χ0) is 16.6. The quantitative estimate of drug-likeness (QED) is 0.914. The van der Waals surface area contributed by atoms with Crippen LogP contribution in [-0.4, -0.2) is 11.8 Å². The molecule has 1 unspecified atom stereocenters. The number of rotatable bonds is 3. The molecule has 1 aliphatic rings. The van der Waals surface area contributed by atoms with Gasteiger partial charge in [-0.3, -0.25) is 9.59 Å². The summed E-state index contributed by atoms with van der Waals surface area (Å²) >= 11 is 0. The SMILES string of the molecule is CC(=O)Nc1ccc(CC2(C)C(=O)Nc3ccc(F)cc32)cc1. The van der Waals surface area contributed by atoms with Crippen molar-refractivity contribution in [2.24, 2.45) is 0 Å². The lowest BCUT2D eigenvalue weighted by Gasteiger charge is -2.22. The molecule has 2 aromatic rings. The van der Waals surface area contributed by atoms with E-state index in [2.05, 4.69) is 10.6 Å². The summed E-state index contributed by atoms with van der Waals surface area (Å²) in [5.41, 5.74) is 2.16. The standard InChI is InChI=1S/C18H17FN2O2/c1-11(22)20-14-6-3-12(4-7-14)10-18(2)15-9-13(19)5-8-16(15)21-17(18)23/h3-9H,10H2,1-2H3,(H,20,22)(H,21,23). The van der Waals surface area contributed by atoms with E-state index in [4.69, 9.17) is 0 Å². The predicted octanol–water partition coefficient (Wildman–Crippen LogP) is 3.24. The minimum atomic E-state index is -0.813. The van der Waals surface area contributed by atoms with Gasteiger partial charge in [0.25, 0.3) is 0 Å². The molecule has 0 bridgehead atoms. The fourth-order valence-corrected chi connectivity index (χ4v) is 2.96. The molecular formula is C18H17FN2O2. The fraction of sp³-hybridized carbons (Fsp3) is 0.222. The number of nitrogens with one attached hydrogen (secondary N) is 2. The fourth-order valence-electron chi connectivity index (χ4n) is 2.96. The number of carbonyl (C=O) groups is 2. The average Bonchev–Trinajstić information content (AvgIpc) is 2.73. The molecule has 1 heterocycles. The predicted molar refractivity (Wildman–Crippen MR) is 86.8 cm³/mol. The molecular weight excluding hydrogens is 295 g/mol. The molecule has 0 aliphatic carbocycles. The maximum absolute atomic E-state index is 13.6. The zero-order valence-corrected chi connectivity index (χ0v) is 12.9. The number of hydrogen-bond donors (Lipinski definition) is 2. The summed E-state index contributed by atoms with van der Waals surface area (Å²) in [6, 6.07) is 11.7. The third kappa shape index (κ3) is 2.82. The number of amides is 2. The Labute approximate surface area is 133 Å². The smallest absolute Gasteiger partial charge is 0.235 e. The van der Waals surface area contributed by atoms with Crippen molar-refractivity contribution >= 4 is 23.2 Å². The molecule has 5 heteroatoms. The van der Waals surface area contributed by atoms with Gasteiger partial charge in [-0.1, -0.05) is 12.1 Å². The highest BCUT2D eigenvalue weighted by Crippen LogP contribution is 2.40. The Morgan fingerprint density at radius 2 is 1.91 bits per heavy atom. The van der Waals surface area contributed by atoms with Crippen molar-refractivity contribution in [1.29, 1.82) is 0 Å². The van der Waals surface area contributed by atoms with Crippen LogP contribution in [0.15, 0.2) is 42.5 Å². The van der Waals surface area contributed by atoms with Gasteiger partial charge in [-0.2, -0.15) is 0 Å². The molecule has 0 radical (unpaired) electrons. The summed E-state index contributed by atoms with van der Waals surface area (Å²) in [7, 11) is 0. The lowest BCUT2D eigenvalue weighted by molar-refractivity contribution is -0.120. The molecule has 23 heavy (non-hydrogen) atoms. The molecule has 0 fully saturated rings. The third-order valence-corrected chi connectivity index (χ3v) is 4.16. The lowest BCUT2D eigenvalue weighted by Crippen LogP contribution is -2.33. The molecule has 2 N–H and O–H groups in total. The Kier molecular flexibility index (Phi) is 3.64. The van der Waals surface area contributed by atoms with E-state index in [9.17, 15) is 14.0 Å². The second-order valence-corrected chi connectivity index (χ2v) is 6.03. The molecule has 0 aromatic heterocycles. The molecule has 1 atom stereocenters. The van der Waals surface area contributed by atoms with Gasteiger partial charge in [-0.05, 0) is 54.8 Å². The number of carbonyl (C=O) groups excluding carboxylic acids is 2. The highest BCUT2D eigenvalue weighted by Gasteiger charge is 2.42. The normalized spacial score (nSPS) is 19.2. The van der Waals surface area contributed by atoms with Crippen LogP contribution in [0.1, 0.15) is 25.0 Å². The molecule has 0 spiro atoms. The van der Waals surface area contributed by atoms with Crippen LogP contribution in [0.25, 0.3) is 0 Å². The van der Waals surface area contributed by atoms with E-state index in [1.54, 1.807) is 18.2 Å². The molecule has 3 rings (SSSR count). The van der Waals surface area contributed by atoms with Gasteiger partial charge in [0, 0.05) is 18.3 Å². The highest BCUT2D eigenvalue weighted by molar-refractivity contribution is 6.06. The van der Waals surface area contributed by atoms with Crippen molar-refractivity contribution in [3.05, 3.63) is 59.4 Å². The van der Waals surface area contributed by atoms with E-state index in [1.165, 1.54) is 19.1 Å². The van der Waals surface area contributed by atoms with Crippen molar-refractivity contribution in [1.82, 2.24) is 0 Å². The zero-order valence-electron chi connectivity index (χ0n) is 12.9. The van der Waals surface area contributed by atoms with Crippen molar-refractivity contribution < 1.29 is 14.0 Å². The largest absolute Gasteiger partial charge is 0.326 e. The molecule has 1 aliphatic heterocycles. The first-order valence-corrected chi connectivity index (χ1v) is 7.36. The van der Waals surface area contributed by atoms with Crippen LogP contribution in [0.3, 0.4) is 0 Å². The van der Waals surface area contributed by atoms with Gasteiger partial charge in [-0.25, -0.2) is 4.39 Å². The third-order valence-electron chi connectivity index (χ3n) is 4.16. The minimum absolute atomic E-state index is 0.135. The summed E-state index contributed by atoms with van der Waals surface area (Å²) < 4.78 is 13.6. The molecule has 0 saturated heterocycles. The van der Waals surface area contributed by atoms with E-state index in [0.717, 1.165) is 5.56 Å². The number of fused-ring (bicyclic) bond motifs is 1. The van der Waals surface area contributed by atoms with E-state index < -0.39 is 5.41 Å². The molecule has 4 nitrogen and oxygen atoms in total. The summed E-state index contributed by atoms with van der Waals surface area (Å²) in [6.45, 7) is 3.26. The van der Waals surface area contributed by atoms with Crippen molar-refractivity contribution in [2.75, 3.05) is 10.6 Å². The summed E-state index contributed by atoms with van der Waals surface area (Å²) in [6.07, 6.45) is 0.454. The van der Waals surface area contributed by atoms with E-state index in [-0.39, 0.29) is 17.6 Å². The van der Waals surface area contributed by atoms with Gasteiger partial charge in [0.05, 0.1) is 5.41 Å². The highest BCUT2D eigenvalue weighted by atomic mass is 19.1. The van der Waals surface area contributed by atoms with Gasteiger partial charge >= 0.3 is 0 Å². The first kappa shape index (κ1) is 15.2. The first-order valence-electron chi connectivity index (χ1n) is 7.36. The lowest BCUT2D eigenvalue weighted by atomic mass is 9.78. The second kappa shape index (κ2) is 5.50. The number of hydrogen-bond acceptors (Lipinski definition) is 2. The summed E-state index contributed by atoms with van der Waals surface area (Å²) in [5, 5.41) is 5.51. The summed E-state index contributed by atoms with van der Waals surface area (Å²) in [4.78, 5) is 23.4. The van der Waals surface area contributed by atoms with Crippen molar-refractivity contribution in [3.8, 4) is 0 Å². The molecule has 118 valence electrons. The van der Waals surface area contributed by atoms with Crippen molar-refractivity contribution in [2.45, 2.75) is 25.7 Å². The Hall–Kier alpha value is -2.69. The van der Waals surface area contributed by atoms with Crippen LogP contribution in [0, 0.1) is 5.82 Å². The molecule has 0 saturated carbocycles.